The standard InChI is InChI=1S/C26H23N7S/c1-15-4-7-22(34-15)25-24-21(8-9-28-25)29-26(30-24)23-19-11-17(5-6-20(19)31-32-23)18-10-16(12-27-13-18)14-33(2)3/h4-13H,14H2,1-3H3,(H,29,30)(H,31,32). The third-order valence-corrected chi connectivity index (χ3v) is 6.80. The van der Waals surface area contributed by atoms with Gasteiger partial charge in [-0.05, 0) is 68.5 Å². The van der Waals surface area contributed by atoms with Gasteiger partial charge < -0.3 is 9.88 Å². The Morgan fingerprint density at radius 2 is 1.85 bits per heavy atom. The maximum absolute atomic E-state index is 4.93. The first-order chi connectivity index (χ1) is 16.5. The highest BCUT2D eigenvalue weighted by molar-refractivity contribution is 7.15. The monoisotopic (exact) mass is 465 g/mol. The molecule has 168 valence electrons. The zero-order valence-electron chi connectivity index (χ0n) is 19.1. The number of pyridine rings is 2. The van der Waals surface area contributed by atoms with Crippen molar-refractivity contribution in [3.05, 3.63) is 71.5 Å². The van der Waals surface area contributed by atoms with Crippen molar-refractivity contribution in [1.29, 1.82) is 0 Å². The molecule has 6 rings (SSSR count). The molecular formula is C26H23N7S. The molecule has 7 nitrogen and oxygen atoms in total. The van der Waals surface area contributed by atoms with E-state index < -0.39 is 0 Å². The van der Waals surface area contributed by atoms with Crippen molar-refractivity contribution in [2.75, 3.05) is 14.1 Å². The van der Waals surface area contributed by atoms with Gasteiger partial charge in [-0.15, -0.1) is 11.3 Å². The lowest BCUT2D eigenvalue weighted by Crippen LogP contribution is -2.10. The van der Waals surface area contributed by atoms with E-state index in [2.05, 4.69) is 87.5 Å². The van der Waals surface area contributed by atoms with Crippen LogP contribution < -0.4 is 0 Å². The van der Waals surface area contributed by atoms with Crippen LogP contribution in [0.25, 0.3) is 55.2 Å². The van der Waals surface area contributed by atoms with Crippen molar-refractivity contribution >= 4 is 33.3 Å². The molecule has 0 aliphatic rings. The van der Waals surface area contributed by atoms with Crippen molar-refractivity contribution in [3.8, 4) is 33.2 Å². The number of hydrogen-bond acceptors (Lipinski definition) is 6. The van der Waals surface area contributed by atoms with E-state index in [1.807, 2.05) is 24.7 Å². The number of aromatic amines is 2. The van der Waals surface area contributed by atoms with Crippen molar-refractivity contribution in [3.63, 3.8) is 0 Å². The van der Waals surface area contributed by atoms with Crippen LogP contribution in [0.5, 0.6) is 0 Å². The fourth-order valence-corrected chi connectivity index (χ4v) is 5.13. The largest absolute Gasteiger partial charge is 0.336 e. The molecule has 0 bridgehead atoms. The summed E-state index contributed by atoms with van der Waals surface area (Å²) in [7, 11) is 4.12. The van der Waals surface area contributed by atoms with Crippen LogP contribution in [-0.2, 0) is 6.54 Å². The second-order valence-corrected chi connectivity index (χ2v) is 9.99. The van der Waals surface area contributed by atoms with Crippen LogP contribution in [-0.4, -0.2) is 49.1 Å². The number of H-pyrrole nitrogens is 2. The van der Waals surface area contributed by atoms with Crippen LogP contribution >= 0.6 is 11.3 Å². The smallest absolute Gasteiger partial charge is 0.159 e. The second kappa shape index (κ2) is 8.16. The van der Waals surface area contributed by atoms with Crippen molar-refractivity contribution in [2.45, 2.75) is 13.5 Å². The lowest BCUT2D eigenvalue weighted by molar-refractivity contribution is 0.402. The molecule has 0 unspecified atom stereocenters. The van der Waals surface area contributed by atoms with Crippen molar-refractivity contribution < 1.29 is 0 Å². The zero-order valence-corrected chi connectivity index (χ0v) is 19.9. The average molecular weight is 466 g/mol. The predicted molar refractivity (Wildman–Crippen MR) is 138 cm³/mol. The number of rotatable bonds is 5. The Labute approximate surface area is 200 Å². The molecule has 0 saturated heterocycles. The normalized spacial score (nSPS) is 11.8. The number of benzene rings is 1. The average Bonchev–Trinajstić information content (AvgIpc) is 3.55. The summed E-state index contributed by atoms with van der Waals surface area (Å²) in [4.78, 5) is 22.0. The molecule has 6 aromatic rings. The quantitative estimate of drug-likeness (QED) is 0.343. The van der Waals surface area contributed by atoms with Gasteiger partial charge in [-0.1, -0.05) is 6.07 Å². The molecule has 2 N–H and O–H groups in total. The van der Waals surface area contributed by atoms with E-state index in [1.54, 1.807) is 11.3 Å². The fraction of sp³-hybridized carbons (Fsp3) is 0.154. The number of imidazole rings is 1. The number of hydrogen-bond donors (Lipinski definition) is 2. The van der Waals surface area contributed by atoms with Gasteiger partial charge in [0.2, 0.25) is 0 Å². The summed E-state index contributed by atoms with van der Waals surface area (Å²) in [6, 6.07) is 14.7. The highest BCUT2D eigenvalue weighted by atomic mass is 32.1. The van der Waals surface area contributed by atoms with E-state index in [9.17, 15) is 0 Å². The number of aromatic nitrogens is 6. The number of nitrogens with one attached hydrogen (secondary N) is 2. The van der Waals surface area contributed by atoms with Gasteiger partial charge >= 0.3 is 0 Å². The summed E-state index contributed by atoms with van der Waals surface area (Å²) in [5.74, 6) is 0.723. The summed E-state index contributed by atoms with van der Waals surface area (Å²) in [5, 5.41) is 8.76. The molecule has 34 heavy (non-hydrogen) atoms. The molecule has 0 radical (unpaired) electrons. The van der Waals surface area contributed by atoms with Crippen molar-refractivity contribution in [1.82, 2.24) is 35.0 Å². The maximum atomic E-state index is 4.93. The molecule has 0 atom stereocenters. The molecule has 1 aromatic carbocycles. The summed E-state index contributed by atoms with van der Waals surface area (Å²) in [5.41, 5.74) is 7.79. The third-order valence-electron chi connectivity index (χ3n) is 5.79. The zero-order chi connectivity index (χ0) is 23.2. The Kier molecular flexibility index (Phi) is 4.97. The minimum absolute atomic E-state index is 0.723. The Balaban J connectivity index is 1.45. The number of nitrogens with zero attached hydrogens (tertiary/aromatic N) is 5. The van der Waals surface area contributed by atoms with E-state index in [4.69, 9.17) is 4.98 Å². The minimum Gasteiger partial charge on any atom is -0.336 e. The summed E-state index contributed by atoms with van der Waals surface area (Å²) in [6.45, 7) is 2.95. The first kappa shape index (κ1) is 20.7. The Morgan fingerprint density at radius 3 is 2.68 bits per heavy atom. The second-order valence-electron chi connectivity index (χ2n) is 8.70. The summed E-state index contributed by atoms with van der Waals surface area (Å²) in [6.07, 6.45) is 5.64. The van der Waals surface area contributed by atoms with E-state index in [-0.39, 0.29) is 0 Å². The van der Waals surface area contributed by atoms with Crippen LogP contribution in [0.15, 0.2) is 61.1 Å². The van der Waals surface area contributed by atoms with Crippen molar-refractivity contribution in [2.24, 2.45) is 0 Å². The molecule has 0 saturated carbocycles. The van der Waals surface area contributed by atoms with Gasteiger partial charge in [0.05, 0.1) is 15.9 Å². The van der Waals surface area contributed by atoms with Crippen LogP contribution in [0, 0.1) is 6.92 Å². The number of aryl methyl sites for hydroxylation is 1. The lowest BCUT2D eigenvalue weighted by atomic mass is 10.0. The van der Waals surface area contributed by atoms with Crippen LogP contribution in [0.2, 0.25) is 0 Å². The topological polar surface area (TPSA) is 86.4 Å². The first-order valence-electron chi connectivity index (χ1n) is 11.0. The maximum Gasteiger partial charge on any atom is 0.159 e. The third kappa shape index (κ3) is 3.67. The lowest BCUT2D eigenvalue weighted by Gasteiger charge is -2.10. The van der Waals surface area contributed by atoms with Gasteiger partial charge in [0.15, 0.2) is 5.82 Å². The van der Waals surface area contributed by atoms with Gasteiger partial charge in [-0.3, -0.25) is 15.1 Å². The summed E-state index contributed by atoms with van der Waals surface area (Å²) >= 11 is 1.72. The Hall–Kier alpha value is -3.88. The number of fused-ring (bicyclic) bond motifs is 2. The van der Waals surface area contributed by atoms with E-state index in [0.717, 1.165) is 61.7 Å². The van der Waals surface area contributed by atoms with Gasteiger partial charge in [0, 0.05) is 41.0 Å². The molecule has 8 heteroatoms. The predicted octanol–water partition coefficient (Wildman–Crippen LogP) is 5.66. The van der Waals surface area contributed by atoms with Crippen LogP contribution in [0.3, 0.4) is 0 Å². The fourth-order valence-electron chi connectivity index (χ4n) is 4.26. The Morgan fingerprint density at radius 1 is 0.941 bits per heavy atom. The molecule has 5 heterocycles. The molecule has 0 aliphatic carbocycles. The highest BCUT2D eigenvalue weighted by Gasteiger charge is 2.17. The number of thiophene rings is 1. The van der Waals surface area contributed by atoms with Crippen LogP contribution in [0.1, 0.15) is 10.4 Å². The molecule has 0 aliphatic heterocycles. The highest BCUT2D eigenvalue weighted by Crippen LogP contribution is 2.34. The van der Waals surface area contributed by atoms with Gasteiger partial charge in [0.25, 0.3) is 0 Å². The molecule has 0 spiro atoms. The molecule has 0 amide bonds. The molecule has 5 aromatic heterocycles. The van der Waals surface area contributed by atoms with Gasteiger partial charge in [-0.25, -0.2) is 4.98 Å². The first-order valence-corrected chi connectivity index (χ1v) is 11.9. The van der Waals surface area contributed by atoms with Gasteiger partial charge in [-0.2, -0.15) is 5.10 Å². The molecule has 0 fully saturated rings. The SMILES string of the molecule is Cc1ccc(-c2nccc3[nH]c(-c4n[nH]c5ccc(-c6cncc(CN(C)C)c6)cc45)nc23)s1. The van der Waals surface area contributed by atoms with E-state index in [1.165, 1.54) is 10.4 Å². The minimum atomic E-state index is 0.723. The summed E-state index contributed by atoms with van der Waals surface area (Å²) < 4.78 is 0. The Bertz CT molecular complexity index is 1640. The van der Waals surface area contributed by atoms with E-state index >= 15 is 0 Å². The van der Waals surface area contributed by atoms with Gasteiger partial charge in [0.1, 0.15) is 16.9 Å². The van der Waals surface area contributed by atoms with Crippen LogP contribution in [0.4, 0.5) is 0 Å². The van der Waals surface area contributed by atoms with E-state index in [0.29, 0.717) is 0 Å². The molecular weight excluding hydrogens is 442 g/mol.